The first-order chi connectivity index (χ1) is 7.08. The zero-order valence-corrected chi connectivity index (χ0v) is 10.1. The Morgan fingerprint density at radius 2 is 2.27 bits per heavy atom. The molecule has 0 aliphatic carbocycles. The van der Waals surface area contributed by atoms with Gasteiger partial charge in [-0.1, -0.05) is 19.0 Å². The third kappa shape index (κ3) is 4.95. The second kappa shape index (κ2) is 5.88. The highest BCUT2D eigenvalue weighted by Gasteiger charge is 2.04. The first-order valence-electron chi connectivity index (χ1n) is 5.42. The largest absolute Gasteiger partial charge is 0.361 e. The molecule has 1 rings (SSSR count). The first kappa shape index (κ1) is 12.2. The van der Waals surface area contributed by atoms with Crippen LogP contribution in [-0.4, -0.2) is 36.2 Å². The van der Waals surface area contributed by atoms with E-state index in [1.165, 1.54) is 0 Å². The van der Waals surface area contributed by atoms with Crippen LogP contribution in [0.5, 0.6) is 0 Å². The van der Waals surface area contributed by atoms with Gasteiger partial charge in [-0.2, -0.15) is 0 Å². The van der Waals surface area contributed by atoms with Crippen LogP contribution in [0, 0.1) is 6.92 Å². The third-order valence-electron chi connectivity index (χ3n) is 2.15. The number of likely N-dealkylation sites (N-methyl/N-ethyl adjacent to an activating group) is 1. The van der Waals surface area contributed by atoms with E-state index < -0.39 is 0 Å². The van der Waals surface area contributed by atoms with Gasteiger partial charge >= 0.3 is 0 Å². The summed E-state index contributed by atoms with van der Waals surface area (Å²) in [5.74, 6) is 0.874. The molecule has 0 amide bonds. The second-order valence-electron chi connectivity index (χ2n) is 4.28. The summed E-state index contributed by atoms with van der Waals surface area (Å²) in [6, 6.07) is 2.53. The van der Waals surface area contributed by atoms with Crippen molar-refractivity contribution in [3.05, 3.63) is 17.5 Å². The van der Waals surface area contributed by atoms with E-state index in [1.54, 1.807) is 0 Å². The summed E-state index contributed by atoms with van der Waals surface area (Å²) in [6.45, 7) is 9.09. The van der Waals surface area contributed by atoms with Gasteiger partial charge in [0.25, 0.3) is 0 Å². The van der Waals surface area contributed by atoms with Crippen LogP contribution in [0.2, 0.25) is 0 Å². The van der Waals surface area contributed by atoms with Crippen LogP contribution in [-0.2, 0) is 6.54 Å². The molecule has 1 heterocycles. The van der Waals surface area contributed by atoms with Crippen LogP contribution in [0.15, 0.2) is 10.6 Å². The molecule has 0 radical (unpaired) electrons. The minimum absolute atomic E-state index is 0.549. The van der Waals surface area contributed by atoms with E-state index in [4.69, 9.17) is 4.52 Å². The minimum atomic E-state index is 0.549. The number of hydrogen-bond donors (Lipinski definition) is 1. The summed E-state index contributed by atoms with van der Waals surface area (Å²) in [5.41, 5.74) is 1.000. The van der Waals surface area contributed by atoms with Gasteiger partial charge in [0.2, 0.25) is 0 Å². The van der Waals surface area contributed by atoms with Crippen LogP contribution in [0.1, 0.15) is 25.3 Å². The molecule has 1 N–H and O–H groups in total. The molecule has 4 heteroatoms. The molecular formula is C11H21N3O. The molecule has 0 aliphatic heterocycles. The summed E-state index contributed by atoms with van der Waals surface area (Å²) in [6.07, 6.45) is 0. The van der Waals surface area contributed by atoms with Crippen molar-refractivity contribution in [2.24, 2.45) is 0 Å². The second-order valence-corrected chi connectivity index (χ2v) is 4.28. The Labute approximate surface area is 91.6 Å². The standard InChI is InChI=1S/C11H21N3O/c1-9(2)12-5-6-14(4)8-11-7-10(3)15-13-11/h7,9,12H,5-6,8H2,1-4H3. The van der Waals surface area contributed by atoms with Crippen molar-refractivity contribution >= 4 is 0 Å². The Kier molecular flexibility index (Phi) is 4.78. The van der Waals surface area contributed by atoms with Crippen molar-refractivity contribution < 1.29 is 4.52 Å². The molecule has 15 heavy (non-hydrogen) atoms. The third-order valence-corrected chi connectivity index (χ3v) is 2.15. The van der Waals surface area contributed by atoms with Crippen molar-refractivity contribution in [2.45, 2.75) is 33.4 Å². The SMILES string of the molecule is Cc1cc(CN(C)CCNC(C)C)no1. The Morgan fingerprint density at radius 3 is 2.80 bits per heavy atom. The smallest absolute Gasteiger partial charge is 0.133 e. The lowest BCUT2D eigenvalue weighted by Crippen LogP contribution is -2.32. The number of aryl methyl sites for hydroxylation is 1. The maximum atomic E-state index is 5.02. The Bertz CT molecular complexity index is 283. The molecule has 1 aromatic rings. The number of aromatic nitrogens is 1. The maximum absolute atomic E-state index is 5.02. The zero-order chi connectivity index (χ0) is 11.3. The van der Waals surface area contributed by atoms with Crippen LogP contribution in [0.3, 0.4) is 0 Å². The molecular weight excluding hydrogens is 190 g/mol. The lowest BCUT2D eigenvalue weighted by Gasteiger charge is -2.16. The molecule has 86 valence electrons. The summed E-state index contributed by atoms with van der Waals surface area (Å²) in [5, 5.41) is 7.34. The quantitative estimate of drug-likeness (QED) is 0.772. The molecule has 0 saturated heterocycles. The normalized spacial score (nSPS) is 11.6. The van der Waals surface area contributed by atoms with Crippen LogP contribution in [0.25, 0.3) is 0 Å². The van der Waals surface area contributed by atoms with Crippen LogP contribution in [0.4, 0.5) is 0 Å². The highest BCUT2D eigenvalue weighted by Crippen LogP contribution is 2.03. The highest BCUT2D eigenvalue weighted by molar-refractivity contribution is 5.02. The van der Waals surface area contributed by atoms with Gasteiger partial charge in [0.15, 0.2) is 0 Å². The molecule has 0 spiro atoms. The fraction of sp³-hybridized carbons (Fsp3) is 0.727. The number of hydrogen-bond acceptors (Lipinski definition) is 4. The fourth-order valence-corrected chi connectivity index (χ4v) is 1.39. The Hall–Kier alpha value is -0.870. The fourth-order valence-electron chi connectivity index (χ4n) is 1.39. The van der Waals surface area contributed by atoms with Gasteiger partial charge in [-0.25, -0.2) is 0 Å². The van der Waals surface area contributed by atoms with Crippen LogP contribution < -0.4 is 5.32 Å². The van der Waals surface area contributed by atoms with E-state index >= 15 is 0 Å². The number of nitrogens with one attached hydrogen (secondary N) is 1. The molecule has 0 saturated carbocycles. The Balaban J connectivity index is 2.21. The lowest BCUT2D eigenvalue weighted by molar-refractivity contribution is 0.304. The predicted octanol–water partition coefficient (Wildman–Crippen LogP) is 1.41. The number of nitrogens with zero attached hydrogens (tertiary/aromatic N) is 2. The van der Waals surface area contributed by atoms with Gasteiger partial charge in [0, 0.05) is 31.7 Å². The van der Waals surface area contributed by atoms with Crippen LogP contribution >= 0.6 is 0 Å². The summed E-state index contributed by atoms with van der Waals surface area (Å²) < 4.78 is 5.02. The van der Waals surface area contributed by atoms with Gasteiger partial charge in [0.05, 0.1) is 5.69 Å². The summed E-state index contributed by atoms with van der Waals surface area (Å²) in [4.78, 5) is 2.23. The van der Waals surface area contributed by atoms with Gasteiger partial charge in [-0.15, -0.1) is 0 Å². The van der Waals surface area contributed by atoms with Crippen molar-refractivity contribution in [3.63, 3.8) is 0 Å². The average molecular weight is 211 g/mol. The summed E-state index contributed by atoms with van der Waals surface area (Å²) >= 11 is 0. The summed E-state index contributed by atoms with van der Waals surface area (Å²) in [7, 11) is 2.09. The molecule has 4 nitrogen and oxygen atoms in total. The average Bonchev–Trinajstić information content (AvgIpc) is 2.50. The van der Waals surface area contributed by atoms with E-state index in [9.17, 15) is 0 Å². The molecule has 0 bridgehead atoms. The Morgan fingerprint density at radius 1 is 1.53 bits per heavy atom. The van der Waals surface area contributed by atoms with E-state index in [2.05, 4.69) is 36.3 Å². The maximum Gasteiger partial charge on any atom is 0.133 e. The van der Waals surface area contributed by atoms with Crippen molar-refractivity contribution in [1.29, 1.82) is 0 Å². The van der Waals surface area contributed by atoms with E-state index in [0.717, 1.165) is 31.1 Å². The van der Waals surface area contributed by atoms with Crippen molar-refractivity contribution in [3.8, 4) is 0 Å². The molecule has 0 aromatic carbocycles. The minimum Gasteiger partial charge on any atom is -0.361 e. The van der Waals surface area contributed by atoms with Crippen molar-refractivity contribution in [2.75, 3.05) is 20.1 Å². The topological polar surface area (TPSA) is 41.3 Å². The van der Waals surface area contributed by atoms with Gasteiger partial charge in [-0.3, -0.25) is 4.90 Å². The van der Waals surface area contributed by atoms with Gasteiger partial charge in [0.1, 0.15) is 5.76 Å². The first-order valence-corrected chi connectivity index (χ1v) is 5.42. The van der Waals surface area contributed by atoms with E-state index in [1.807, 2.05) is 13.0 Å². The van der Waals surface area contributed by atoms with E-state index in [-0.39, 0.29) is 0 Å². The predicted molar refractivity (Wildman–Crippen MR) is 60.7 cm³/mol. The van der Waals surface area contributed by atoms with Gasteiger partial charge < -0.3 is 9.84 Å². The number of rotatable bonds is 6. The van der Waals surface area contributed by atoms with Crippen molar-refractivity contribution in [1.82, 2.24) is 15.4 Å². The molecule has 0 unspecified atom stereocenters. The van der Waals surface area contributed by atoms with Gasteiger partial charge in [-0.05, 0) is 14.0 Å². The molecule has 0 atom stereocenters. The zero-order valence-electron chi connectivity index (χ0n) is 10.1. The molecule has 1 aromatic heterocycles. The molecule has 0 aliphatic rings. The molecule has 0 fully saturated rings. The van der Waals surface area contributed by atoms with E-state index in [0.29, 0.717) is 6.04 Å². The lowest BCUT2D eigenvalue weighted by atomic mass is 10.3. The highest BCUT2D eigenvalue weighted by atomic mass is 16.5. The monoisotopic (exact) mass is 211 g/mol.